The number of nitriles is 1. The first kappa shape index (κ1) is 15.5. The quantitative estimate of drug-likeness (QED) is 0.675. The zero-order chi connectivity index (χ0) is 14.1. The molecule has 1 rings (SSSR count). The molecule has 1 aromatic carbocycles. The Morgan fingerprint density at radius 1 is 1.16 bits per heavy atom. The van der Waals surface area contributed by atoms with E-state index in [1.807, 2.05) is 25.1 Å². The van der Waals surface area contributed by atoms with Gasteiger partial charge in [0.05, 0.1) is 18.2 Å². The lowest BCUT2D eigenvalue weighted by atomic mass is 10.1. The molecule has 0 aromatic heterocycles. The van der Waals surface area contributed by atoms with Crippen molar-refractivity contribution in [3.63, 3.8) is 0 Å². The Kier molecular flexibility index (Phi) is 6.94. The maximum Gasteiger partial charge on any atom is 0.0991 e. The third-order valence-corrected chi connectivity index (χ3v) is 3.01. The SMILES string of the molecule is COCCCN(CCOC)c1ccc(C#N)cc1C. The van der Waals surface area contributed by atoms with Crippen LogP contribution in [0.2, 0.25) is 0 Å². The van der Waals surface area contributed by atoms with Crippen LogP contribution in [-0.2, 0) is 9.47 Å². The summed E-state index contributed by atoms with van der Waals surface area (Å²) in [7, 11) is 3.42. The molecule has 0 aliphatic rings. The maximum atomic E-state index is 8.91. The fraction of sp³-hybridized carbons (Fsp3) is 0.533. The molecular weight excluding hydrogens is 240 g/mol. The highest BCUT2D eigenvalue weighted by atomic mass is 16.5. The van der Waals surface area contributed by atoms with Gasteiger partial charge in [0, 0.05) is 39.6 Å². The first-order valence-corrected chi connectivity index (χ1v) is 6.46. The van der Waals surface area contributed by atoms with Gasteiger partial charge in [-0.1, -0.05) is 0 Å². The Balaban J connectivity index is 2.80. The van der Waals surface area contributed by atoms with Crippen molar-refractivity contribution in [3.05, 3.63) is 29.3 Å². The van der Waals surface area contributed by atoms with Crippen molar-refractivity contribution in [1.29, 1.82) is 5.26 Å². The number of benzene rings is 1. The van der Waals surface area contributed by atoms with Gasteiger partial charge in [-0.2, -0.15) is 5.26 Å². The fourth-order valence-electron chi connectivity index (χ4n) is 2.03. The number of hydrogen-bond donors (Lipinski definition) is 0. The maximum absolute atomic E-state index is 8.91. The smallest absolute Gasteiger partial charge is 0.0991 e. The van der Waals surface area contributed by atoms with Crippen molar-refractivity contribution in [2.24, 2.45) is 0 Å². The van der Waals surface area contributed by atoms with E-state index in [1.54, 1.807) is 14.2 Å². The predicted molar refractivity (Wildman–Crippen MR) is 76.5 cm³/mol. The number of rotatable bonds is 8. The summed E-state index contributed by atoms with van der Waals surface area (Å²) in [5, 5.41) is 8.91. The number of nitrogens with zero attached hydrogens (tertiary/aromatic N) is 2. The summed E-state index contributed by atoms with van der Waals surface area (Å²) in [4.78, 5) is 2.28. The molecule has 0 atom stereocenters. The molecule has 104 valence electrons. The Morgan fingerprint density at radius 3 is 2.47 bits per heavy atom. The van der Waals surface area contributed by atoms with Gasteiger partial charge in [-0.15, -0.1) is 0 Å². The van der Waals surface area contributed by atoms with Crippen LogP contribution in [0.5, 0.6) is 0 Å². The van der Waals surface area contributed by atoms with E-state index in [0.717, 1.165) is 37.4 Å². The van der Waals surface area contributed by atoms with Crippen LogP contribution in [0.4, 0.5) is 5.69 Å². The third-order valence-electron chi connectivity index (χ3n) is 3.01. The largest absolute Gasteiger partial charge is 0.385 e. The first-order valence-electron chi connectivity index (χ1n) is 6.46. The predicted octanol–water partition coefficient (Wildman–Crippen LogP) is 2.36. The van der Waals surface area contributed by atoms with Gasteiger partial charge in [-0.05, 0) is 37.1 Å². The van der Waals surface area contributed by atoms with Crippen molar-refractivity contribution < 1.29 is 9.47 Å². The topological polar surface area (TPSA) is 45.5 Å². The van der Waals surface area contributed by atoms with Crippen molar-refractivity contribution in [1.82, 2.24) is 0 Å². The summed E-state index contributed by atoms with van der Waals surface area (Å²) in [5.41, 5.74) is 2.98. The van der Waals surface area contributed by atoms with E-state index in [9.17, 15) is 0 Å². The van der Waals surface area contributed by atoms with Gasteiger partial charge in [0.1, 0.15) is 0 Å². The summed E-state index contributed by atoms with van der Waals surface area (Å²) < 4.78 is 10.3. The van der Waals surface area contributed by atoms with Crippen LogP contribution in [-0.4, -0.2) is 40.5 Å². The van der Waals surface area contributed by atoms with E-state index in [0.29, 0.717) is 12.2 Å². The normalized spacial score (nSPS) is 10.2. The van der Waals surface area contributed by atoms with Gasteiger partial charge in [0.25, 0.3) is 0 Å². The minimum atomic E-state index is 0.687. The molecule has 0 saturated carbocycles. The lowest BCUT2D eigenvalue weighted by Gasteiger charge is -2.26. The van der Waals surface area contributed by atoms with Gasteiger partial charge < -0.3 is 14.4 Å². The van der Waals surface area contributed by atoms with E-state index in [1.165, 1.54) is 0 Å². The van der Waals surface area contributed by atoms with Crippen LogP contribution in [0.15, 0.2) is 18.2 Å². The molecule has 0 fully saturated rings. The number of ether oxygens (including phenoxy) is 2. The molecule has 0 saturated heterocycles. The fourth-order valence-corrected chi connectivity index (χ4v) is 2.03. The molecular formula is C15H22N2O2. The van der Waals surface area contributed by atoms with Crippen molar-refractivity contribution in [2.45, 2.75) is 13.3 Å². The second-order valence-electron chi connectivity index (χ2n) is 4.44. The highest BCUT2D eigenvalue weighted by molar-refractivity contribution is 5.56. The third kappa shape index (κ3) is 4.90. The molecule has 1 aromatic rings. The van der Waals surface area contributed by atoms with Crippen molar-refractivity contribution >= 4 is 5.69 Å². The highest BCUT2D eigenvalue weighted by Gasteiger charge is 2.09. The molecule has 0 radical (unpaired) electrons. The van der Waals surface area contributed by atoms with Crippen LogP contribution in [0.3, 0.4) is 0 Å². The highest BCUT2D eigenvalue weighted by Crippen LogP contribution is 2.21. The van der Waals surface area contributed by atoms with Gasteiger partial charge in [0.2, 0.25) is 0 Å². The zero-order valence-corrected chi connectivity index (χ0v) is 12.0. The molecule has 0 aliphatic heterocycles. The van der Waals surface area contributed by atoms with E-state index in [-0.39, 0.29) is 0 Å². The monoisotopic (exact) mass is 262 g/mol. The number of aryl methyl sites for hydroxylation is 1. The van der Waals surface area contributed by atoms with Crippen LogP contribution in [0.25, 0.3) is 0 Å². The second kappa shape index (κ2) is 8.52. The van der Waals surface area contributed by atoms with Gasteiger partial charge in [-0.25, -0.2) is 0 Å². The standard InChI is InChI=1S/C15H22N2O2/c1-13-11-14(12-16)5-6-15(13)17(8-10-19-3)7-4-9-18-2/h5-6,11H,4,7-10H2,1-3H3. The molecule has 0 amide bonds. The van der Waals surface area contributed by atoms with E-state index < -0.39 is 0 Å². The Morgan fingerprint density at radius 2 is 1.89 bits per heavy atom. The molecule has 4 nitrogen and oxygen atoms in total. The van der Waals surface area contributed by atoms with E-state index >= 15 is 0 Å². The summed E-state index contributed by atoms with van der Waals surface area (Å²) in [6.07, 6.45) is 0.972. The van der Waals surface area contributed by atoms with Crippen LogP contribution in [0.1, 0.15) is 17.5 Å². The Hall–Kier alpha value is -1.57. The Bertz CT molecular complexity index is 427. The molecule has 0 N–H and O–H groups in total. The molecule has 0 spiro atoms. The summed E-state index contributed by atoms with van der Waals surface area (Å²) in [6, 6.07) is 7.96. The zero-order valence-electron chi connectivity index (χ0n) is 12.0. The number of anilines is 1. The molecule has 0 aliphatic carbocycles. The number of methoxy groups -OCH3 is 2. The Labute approximate surface area is 115 Å². The molecule has 0 unspecified atom stereocenters. The lowest BCUT2D eigenvalue weighted by molar-refractivity contribution is 0.191. The van der Waals surface area contributed by atoms with Crippen molar-refractivity contribution in [3.8, 4) is 6.07 Å². The van der Waals surface area contributed by atoms with Crippen LogP contribution >= 0.6 is 0 Å². The molecule has 0 heterocycles. The molecule has 0 bridgehead atoms. The minimum absolute atomic E-state index is 0.687. The summed E-state index contributed by atoms with van der Waals surface area (Å²) >= 11 is 0. The van der Waals surface area contributed by atoms with Gasteiger partial charge >= 0.3 is 0 Å². The second-order valence-corrected chi connectivity index (χ2v) is 4.44. The average Bonchev–Trinajstić information content (AvgIpc) is 2.43. The average molecular weight is 262 g/mol. The number of hydrogen-bond acceptors (Lipinski definition) is 4. The van der Waals surface area contributed by atoms with Gasteiger partial charge in [0.15, 0.2) is 0 Å². The van der Waals surface area contributed by atoms with Crippen molar-refractivity contribution in [2.75, 3.05) is 45.4 Å². The molecule has 4 heteroatoms. The van der Waals surface area contributed by atoms with E-state index in [2.05, 4.69) is 11.0 Å². The summed E-state index contributed by atoms with van der Waals surface area (Å²) in [5.74, 6) is 0. The van der Waals surface area contributed by atoms with E-state index in [4.69, 9.17) is 14.7 Å². The van der Waals surface area contributed by atoms with Crippen LogP contribution in [0, 0.1) is 18.3 Å². The molecule has 19 heavy (non-hydrogen) atoms. The minimum Gasteiger partial charge on any atom is -0.385 e. The first-order chi connectivity index (χ1) is 9.22. The van der Waals surface area contributed by atoms with Crippen LogP contribution < -0.4 is 4.90 Å². The van der Waals surface area contributed by atoms with Gasteiger partial charge in [-0.3, -0.25) is 0 Å². The summed E-state index contributed by atoms with van der Waals surface area (Å²) in [6.45, 7) is 5.23. The lowest BCUT2D eigenvalue weighted by Crippen LogP contribution is -2.29.